The maximum absolute atomic E-state index is 2.36. The first-order valence-corrected chi connectivity index (χ1v) is 15.3. The van der Waals surface area contributed by atoms with Gasteiger partial charge in [-0.1, -0.05) is 146 Å². The lowest BCUT2D eigenvalue weighted by Gasteiger charge is -2.14. The molecule has 0 fully saturated rings. The quantitative estimate of drug-likeness (QED) is 0.190. The average molecular weight is 557 g/mol. The van der Waals surface area contributed by atoms with Gasteiger partial charge in [0, 0.05) is 0 Å². The zero-order valence-electron chi connectivity index (χ0n) is 24.2. The Hall–Kier alpha value is -5.72. The number of hydrogen-bond acceptors (Lipinski definition) is 0. The molecule has 0 aliphatic carbocycles. The summed E-state index contributed by atoms with van der Waals surface area (Å²) in [4.78, 5) is 0. The first-order valence-electron chi connectivity index (χ1n) is 15.3. The van der Waals surface area contributed by atoms with Gasteiger partial charge in [-0.05, 0) is 112 Å². The fraction of sp³-hybridized carbons (Fsp3) is 0. The van der Waals surface area contributed by atoms with Crippen molar-refractivity contribution in [2.24, 2.45) is 0 Å². The molecule has 0 aromatic heterocycles. The highest BCUT2D eigenvalue weighted by atomic mass is 14.2. The van der Waals surface area contributed by atoms with Gasteiger partial charge in [-0.3, -0.25) is 0 Å². The van der Waals surface area contributed by atoms with Crippen molar-refractivity contribution in [2.45, 2.75) is 0 Å². The highest BCUT2D eigenvalue weighted by Crippen LogP contribution is 2.40. The third kappa shape index (κ3) is 4.00. The summed E-state index contributed by atoms with van der Waals surface area (Å²) in [5.41, 5.74) is 7.49. The molecule has 0 radical (unpaired) electrons. The van der Waals surface area contributed by atoms with Gasteiger partial charge in [0.2, 0.25) is 0 Å². The van der Waals surface area contributed by atoms with E-state index < -0.39 is 0 Å². The standard InChI is InChI=1S/C44H28/c1-4-15-38-29(9-1)12-8-18-39(38)37-22-21-33-25-32(19-20-34(33)27-37)31-13-7-14-35(26-31)43-28-36-11-3-6-17-41(36)44-40-16-5-2-10-30(40)23-24-42(43)44/h1-28H. The van der Waals surface area contributed by atoms with Crippen LogP contribution in [0.2, 0.25) is 0 Å². The molecule has 44 heavy (non-hydrogen) atoms. The van der Waals surface area contributed by atoms with Crippen molar-refractivity contribution in [1.29, 1.82) is 0 Å². The summed E-state index contributed by atoms with van der Waals surface area (Å²) in [6, 6.07) is 62.4. The largest absolute Gasteiger partial charge is 0.0616 e. The van der Waals surface area contributed by atoms with Crippen molar-refractivity contribution in [3.05, 3.63) is 170 Å². The fourth-order valence-corrected chi connectivity index (χ4v) is 7.05. The van der Waals surface area contributed by atoms with E-state index in [1.807, 2.05) is 0 Å². The summed E-state index contributed by atoms with van der Waals surface area (Å²) in [6.45, 7) is 0. The van der Waals surface area contributed by atoms with Crippen LogP contribution < -0.4 is 0 Å². The van der Waals surface area contributed by atoms with E-state index in [4.69, 9.17) is 0 Å². The molecule has 0 heteroatoms. The molecule has 9 aromatic carbocycles. The van der Waals surface area contributed by atoms with Gasteiger partial charge in [0.05, 0.1) is 0 Å². The van der Waals surface area contributed by atoms with E-state index in [-0.39, 0.29) is 0 Å². The Kier molecular flexibility index (Phi) is 5.61. The third-order valence-corrected chi connectivity index (χ3v) is 9.20. The van der Waals surface area contributed by atoms with Crippen molar-refractivity contribution in [3.8, 4) is 33.4 Å². The highest BCUT2D eigenvalue weighted by molar-refractivity contribution is 6.24. The predicted octanol–water partition coefficient (Wildman–Crippen LogP) is 12.5. The molecular formula is C44H28. The second-order valence-electron chi connectivity index (χ2n) is 11.7. The SMILES string of the molecule is c1cc(-c2ccc3cc(-c4cccc5ccccc45)ccc3c2)cc(-c2cc3ccccc3c3c2ccc2ccccc23)c1. The first-order chi connectivity index (χ1) is 21.8. The summed E-state index contributed by atoms with van der Waals surface area (Å²) in [6.07, 6.45) is 0. The molecular weight excluding hydrogens is 528 g/mol. The Morgan fingerprint density at radius 2 is 0.750 bits per heavy atom. The second kappa shape index (κ2) is 9.93. The molecule has 0 heterocycles. The molecule has 0 nitrogen and oxygen atoms in total. The van der Waals surface area contributed by atoms with Crippen molar-refractivity contribution < 1.29 is 0 Å². The Bertz CT molecular complexity index is 2530. The molecule has 0 aliphatic rings. The van der Waals surface area contributed by atoms with Crippen LogP contribution in [0.1, 0.15) is 0 Å². The average Bonchev–Trinajstić information content (AvgIpc) is 3.10. The summed E-state index contributed by atoms with van der Waals surface area (Å²) < 4.78 is 0. The lowest BCUT2D eigenvalue weighted by Crippen LogP contribution is -1.88. The molecule has 0 aliphatic heterocycles. The molecule has 0 unspecified atom stereocenters. The summed E-state index contributed by atoms with van der Waals surface area (Å²) >= 11 is 0. The molecule has 0 saturated heterocycles. The van der Waals surface area contributed by atoms with Crippen molar-refractivity contribution in [1.82, 2.24) is 0 Å². The summed E-state index contributed by atoms with van der Waals surface area (Å²) in [7, 11) is 0. The smallest absolute Gasteiger partial charge is 0.00206 e. The molecule has 9 rings (SSSR count). The predicted molar refractivity (Wildman–Crippen MR) is 190 cm³/mol. The minimum atomic E-state index is 1.23. The Morgan fingerprint density at radius 3 is 1.57 bits per heavy atom. The topological polar surface area (TPSA) is 0 Å². The van der Waals surface area contributed by atoms with Crippen molar-refractivity contribution >= 4 is 53.9 Å². The van der Waals surface area contributed by atoms with Crippen molar-refractivity contribution in [3.63, 3.8) is 0 Å². The second-order valence-corrected chi connectivity index (χ2v) is 11.7. The van der Waals surface area contributed by atoms with Gasteiger partial charge in [0.25, 0.3) is 0 Å². The number of hydrogen-bond donors (Lipinski definition) is 0. The van der Waals surface area contributed by atoms with Gasteiger partial charge in [0.1, 0.15) is 0 Å². The van der Waals surface area contributed by atoms with Gasteiger partial charge in [0.15, 0.2) is 0 Å². The molecule has 0 bridgehead atoms. The van der Waals surface area contributed by atoms with Crippen LogP contribution in [0.25, 0.3) is 87.2 Å². The van der Waals surface area contributed by atoms with Gasteiger partial charge in [-0.15, -0.1) is 0 Å². The number of benzene rings is 9. The minimum absolute atomic E-state index is 1.23. The minimum Gasteiger partial charge on any atom is -0.0616 e. The zero-order chi connectivity index (χ0) is 29.0. The van der Waals surface area contributed by atoms with Crippen LogP contribution in [0.4, 0.5) is 0 Å². The van der Waals surface area contributed by atoms with Gasteiger partial charge in [-0.25, -0.2) is 0 Å². The third-order valence-electron chi connectivity index (χ3n) is 9.20. The molecule has 0 amide bonds. The maximum atomic E-state index is 2.36. The lowest BCUT2D eigenvalue weighted by atomic mass is 9.89. The number of fused-ring (bicyclic) bond motifs is 7. The van der Waals surface area contributed by atoms with Gasteiger partial charge in [-0.2, -0.15) is 0 Å². The number of rotatable bonds is 3. The van der Waals surface area contributed by atoms with Crippen LogP contribution in [0, 0.1) is 0 Å². The highest BCUT2D eigenvalue weighted by Gasteiger charge is 2.13. The van der Waals surface area contributed by atoms with E-state index in [2.05, 4.69) is 170 Å². The van der Waals surface area contributed by atoms with E-state index >= 15 is 0 Å². The van der Waals surface area contributed by atoms with Gasteiger partial charge < -0.3 is 0 Å². The Morgan fingerprint density at radius 1 is 0.227 bits per heavy atom. The monoisotopic (exact) mass is 556 g/mol. The first kappa shape index (κ1) is 24.8. The van der Waals surface area contributed by atoms with E-state index in [1.165, 1.54) is 87.2 Å². The van der Waals surface area contributed by atoms with E-state index in [0.717, 1.165) is 0 Å². The normalized spacial score (nSPS) is 11.6. The van der Waals surface area contributed by atoms with Crippen LogP contribution in [0.5, 0.6) is 0 Å². The van der Waals surface area contributed by atoms with Gasteiger partial charge >= 0.3 is 0 Å². The van der Waals surface area contributed by atoms with E-state index in [0.29, 0.717) is 0 Å². The van der Waals surface area contributed by atoms with E-state index in [9.17, 15) is 0 Å². The molecule has 0 saturated carbocycles. The lowest BCUT2D eigenvalue weighted by molar-refractivity contribution is 1.62. The molecule has 0 atom stereocenters. The molecule has 9 aromatic rings. The molecule has 0 N–H and O–H groups in total. The maximum Gasteiger partial charge on any atom is -0.00206 e. The zero-order valence-corrected chi connectivity index (χ0v) is 24.2. The summed E-state index contributed by atoms with van der Waals surface area (Å²) in [5.74, 6) is 0. The molecule has 0 spiro atoms. The van der Waals surface area contributed by atoms with E-state index in [1.54, 1.807) is 0 Å². The van der Waals surface area contributed by atoms with Crippen molar-refractivity contribution in [2.75, 3.05) is 0 Å². The summed E-state index contributed by atoms with van der Waals surface area (Å²) in [5, 5.41) is 12.8. The van der Waals surface area contributed by atoms with Crippen LogP contribution in [-0.2, 0) is 0 Å². The van der Waals surface area contributed by atoms with Crippen LogP contribution >= 0.6 is 0 Å². The Balaban J connectivity index is 1.16. The molecule has 204 valence electrons. The Labute approximate surface area is 256 Å². The van der Waals surface area contributed by atoms with Crippen LogP contribution in [0.3, 0.4) is 0 Å². The van der Waals surface area contributed by atoms with Crippen LogP contribution in [0.15, 0.2) is 170 Å². The van der Waals surface area contributed by atoms with Crippen LogP contribution in [-0.4, -0.2) is 0 Å². The fourth-order valence-electron chi connectivity index (χ4n) is 7.05.